The molecule has 7 rings (SSSR count). The van der Waals surface area contributed by atoms with E-state index in [-0.39, 0.29) is 0 Å². The average Bonchev–Trinajstić information content (AvgIpc) is 3.17. The van der Waals surface area contributed by atoms with Crippen LogP contribution >= 0.6 is 0 Å². The lowest BCUT2D eigenvalue weighted by Crippen LogP contribution is -2.51. The van der Waals surface area contributed by atoms with Crippen LogP contribution in [-0.2, 0) is 0 Å². The van der Waals surface area contributed by atoms with E-state index in [0.717, 1.165) is 71.8 Å². The molecular weight excluding hydrogens is 605 g/mol. The Morgan fingerprint density at radius 1 is 0.300 bits per heavy atom. The van der Waals surface area contributed by atoms with Crippen molar-refractivity contribution in [2.24, 2.45) is 35.5 Å². The molecule has 7 saturated carbocycles. The molecule has 0 saturated heterocycles. The van der Waals surface area contributed by atoms with Crippen molar-refractivity contribution in [1.82, 2.24) is 9.80 Å². The van der Waals surface area contributed by atoms with Gasteiger partial charge in [-0.3, -0.25) is 9.80 Å². The van der Waals surface area contributed by atoms with Crippen LogP contribution in [0.4, 0.5) is 0 Å². The van der Waals surface area contributed by atoms with E-state index in [0.29, 0.717) is 0 Å². The first kappa shape index (κ1) is 37.7. The van der Waals surface area contributed by atoms with Gasteiger partial charge in [0, 0.05) is 36.3 Å². The highest BCUT2D eigenvalue weighted by Gasteiger charge is 2.38. The third-order valence-electron chi connectivity index (χ3n) is 16.3. The number of allylic oxidation sites excluding steroid dienone is 4. The van der Waals surface area contributed by atoms with Crippen molar-refractivity contribution in [3.05, 3.63) is 24.3 Å². The fourth-order valence-electron chi connectivity index (χ4n) is 13.3. The topological polar surface area (TPSA) is 6.48 Å². The first-order chi connectivity index (χ1) is 24.6. The molecule has 284 valence electrons. The second-order valence-corrected chi connectivity index (χ2v) is 19.7. The zero-order chi connectivity index (χ0) is 34.1. The van der Waals surface area contributed by atoms with Gasteiger partial charge in [0.2, 0.25) is 0 Å². The third-order valence-corrected chi connectivity index (χ3v) is 16.3. The van der Waals surface area contributed by atoms with Gasteiger partial charge in [-0.15, -0.1) is 0 Å². The second kappa shape index (κ2) is 19.1. The Hall–Kier alpha value is -0.600. The molecule has 7 aliphatic rings. The smallest absolute Gasteiger partial charge is 0.0102 e. The molecule has 7 aliphatic carbocycles. The molecule has 50 heavy (non-hydrogen) atoms. The fourth-order valence-corrected chi connectivity index (χ4v) is 13.3. The first-order valence-electron chi connectivity index (χ1n) is 23.5. The SMILES string of the molecule is CC1CC(/C=C/C2CCC(N(C3CCCCC3)C3CCCCC3)CC2)C(C)CC1/C=C/C1CCC(N(C2CCCCC2)C2CCCCC2)CC1. The van der Waals surface area contributed by atoms with Crippen LogP contribution in [-0.4, -0.2) is 46.1 Å². The quantitative estimate of drug-likeness (QED) is 0.211. The molecule has 0 bridgehead atoms. The molecule has 0 aromatic heterocycles. The molecule has 0 spiro atoms. The molecule has 7 fully saturated rings. The molecule has 2 heteroatoms. The van der Waals surface area contributed by atoms with Crippen LogP contribution in [0.1, 0.15) is 206 Å². The van der Waals surface area contributed by atoms with Crippen molar-refractivity contribution < 1.29 is 0 Å². The molecule has 0 aromatic carbocycles. The van der Waals surface area contributed by atoms with Gasteiger partial charge in [0.05, 0.1) is 0 Å². The van der Waals surface area contributed by atoms with Crippen LogP contribution in [0.3, 0.4) is 0 Å². The molecule has 2 nitrogen and oxygen atoms in total. The van der Waals surface area contributed by atoms with Crippen molar-refractivity contribution in [1.29, 1.82) is 0 Å². The van der Waals surface area contributed by atoms with Crippen molar-refractivity contribution in [2.45, 2.75) is 243 Å². The highest BCUT2D eigenvalue weighted by molar-refractivity contribution is 5.05. The van der Waals surface area contributed by atoms with Crippen LogP contribution in [0.2, 0.25) is 0 Å². The Balaban J connectivity index is 0.859. The molecular formula is C48H82N2. The highest BCUT2D eigenvalue weighted by atomic mass is 15.2. The summed E-state index contributed by atoms with van der Waals surface area (Å²) in [5.74, 6) is 4.94. The van der Waals surface area contributed by atoms with E-state index >= 15 is 0 Å². The minimum absolute atomic E-state index is 0.800. The molecule has 0 heterocycles. The Bertz CT molecular complexity index is 889. The van der Waals surface area contributed by atoms with Gasteiger partial charge in [-0.1, -0.05) is 115 Å². The van der Waals surface area contributed by atoms with Crippen molar-refractivity contribution in [3.63, 3.8) is 0 Å². The van der Waals surface area contributed by atoms with Gasteiger partial charge in [-0.2, -0.15) is 0 Å². The standard InChI is InChI=1S/C48H82N2/c1-37-35-42(30-24-40-27-33-48(34-28-40)50(45-19-11-5-12-20-45)46-21-13-6-14-22-46)38(2)36-41(37)29-23-39-25-31-47(32-26-39)49(43-15-7-3-8-16-43)44-17-9-4-10-18-44/h23-24,29-30,37-48H,3-22,25-28,31-36H2,1-2H3/b29-23+,30-24+. The summed E-state index contributed by atoms with van der Waals surface area (Å²) in [5, 5.41) is 0. The van der Waals surface area contributed by atoms with Gasteiger partial charge in [-0.25, -0.2) is 0 Å². The summed E-state index contributed by atoms with van der Waals surface area (Å²) in [6, 6.07) is 5.41. The van der Waals surface area contributed by atoms with Gasteiger partial charge in [0.1, 0.15) is 0 Å². The summed E-state index contributed by atoms with van der Waals surface area (Å²) in [5.41, 5.74) is 0. The predicted molar refractivity (Wildman–Crippen MR) is 215 cm³/mol. The summed E-state index contributed by atoms with van der Waals surface area (Å²) >= 11 is 0. The third kappa shape index (κ3) is 9.93. The van der Waals surface area contributed by atoms with E-state index in [9.17, 15) is 0 Å². The minimum Gasteiger partial charge on any atom is -0.294 e. The molecule has 0 aliphatic heterocycles. The fraction of sp³-hybridized carbons (Fsp3) is 0.917. The molecule has 4 unspecified atom stereocenters. The van der Waals surface area contributed by atoms with Gasteiger partial charge < -0.3 is 0 Å². The van der Waals surface area contributed by atoms with E-state index in [1.165, 1.54) is 193 Å². The Kier molecular flexibility index (Phi) is 14.4. The maximum Gasteiger partial charge on any atom is 0.0102 e. The summed E-state index contributed by atoms with van der Waals surface area (Å²) in [6.07, 6.45) is 55.2. The van der Waals surface area contributed by atoms with Crippen LogP contribution in [0.15, 0.2) is 24.3 Å². The molecule has 0 aromatic rings. The lowest BCUT2D eigenvalue weighted by Gasteiger charge is -2.48. The molecule has 0 amide bonds. The molecule has 0 N–H and O–H groups in total. The monoisotopic (exact) mass is 687 g/mol. The lowest BCUT2D eigenvalue weighted by molar-refractivity contribution is 0.0181. The molecule has 4 atom stereocenters. The van der Waals surface area contributed by atoms with Crippen LogP contribution in [0, 0.1) is 35.5 Å². The normalized spacial score (nSPS) is 38.5. The number of nitrogens with zero attached hydrogens (tertiary/aromatic N) is 2. The van der Waals surface area contributed by atoms with E-state index in [1.54, 1.807) is 0 Å². The number of hydrogen-bond donors (Lipinski definition) is 0. The Labute approximate surface area is 311 Å². The maximum atomic E-state index is 3.16. The Morgan fingerprint density at radius 3 is 0.840 bits per heavy atom. The zero-order valence-electron chi connectivity index (χ0n) is 33.3. The summed E-state index contributed by atoms with van der Waals surface area (Å²) in [4.78, 5) is 6.32. The highest BCUT2D eigenvalue weighted by Crippen LogP contribution is 2.43. The average molecular weight is 687 g/mol. The van der Waals surface area contributed by atoms with Crippen molar-refractivity contribution in [2.75, 3.05) is 0 Å². The van der Waals surface area contributed by atoms with Gasteiger partial charge >= 0.3 is 0 Å². The van der Waals surface area contributed by atoms with Crippen molar-refractivity contribution >= 4 is 0 Å². The van der Waals surface area contributed by atoms with Gasteiger partial charge in [-0.05, 0) is 151 Å². The van der Waals surface area contributed by atoms with E-state index in [1.807, 2.05) is 0 Å². The lowest BCUT2D eigenvalue weighted by atomic mass is 9.68. The van der Waals surface area contributed by atoms with Crippen molar-refractivity contribution in [3.8, 4) is 0 Å². The van der Waals surface area contributed by atoms with Gasteiger partial charge in [0.15, 0.2) is 0 Å². The maximum absolute atomic E-state index is 3.16. The van der Waals surface area contributed by atoms with Crippen LogP contribution in [0.25, 0.3) is 0 Å². The van der Waals surface area contributed by atoms with E-state index in [2.05, 4.69) is 48.0 Å². The summed E-state index contributed by atoms with van der Waals surface area (Å²) < 4.78 is 0. The predicted octanol–water partition coefficient (Wildman–Crippen LogP) is 13.4. The molecule has 0 radical (unpaired) electrons. The van der Waals surface area contributed by atoms with Crippen LogP contribution < -0.4 is 0 Å². The summed E-state index contributed by atoms with van der Waals surface area (Å²) in [7, 11) is 0. The first-order valence-corrected chi connectivity index (χ1v) is 23.5. The van der Waals surface area contributed by atoms with Crippen LogP contribution in [0.5, 0.6) is 0 Å². The summed E-state index contributed by atoms with van der Waals surface area (Å²) in [6.45, 7) is 5.17. The largest absolute Gasteiger partial charge is 0.294 e. The minimum atomic E-state index is 0.800. The zero-order valence-corrected chi connectivity index (χ0v) is 33.3. The number of rotatable bonds is 10. The van der Waals surface area contributed by atoms with E-state index in [4.69, 9.17) is 0 Å². The second-order valence-electron chi connectivity index (χ2n) is 19.7. The Morgan fingerprint density at radius 2 is 0.560 bits per heavy atom. The number of hydrogen-bond acceptors (Lipinski definition) is 2. The van der Waals surface area contributed by atoms with Gasteiger partial charge in [0.25, 0.3) is 0 Å². The van der Waals surface area contributed by atoms with E-state index < -0.39 is 0 Å².